The Morgan fingerprint density at radius 3 is 2.63 bits per heavy atom. The third-order valence-electron chi connectivity index (χ3n) is 3.24. The van der Waals surface area contributed by atoms with E-state index in [1.165, 1.54) is 0 Å². The van der Waals surface area contributed by atoms with Crippen molar-refractivity contribution in [2.75, 3.05) is 18.5 Å². The van der Waals surface area contributed by atoms with Gasteiger partial charge < -0.3 is 15.7 Å². The molecule has 4 heteroatoms. The molecule has 0 saturated heterocycles. The number of hydrogen-bond acceptors (Lipinski definition) is 3. The van der Waals surface area contributed by atoms with E-state index in [-0.39, 0.29) is 24.5 Å². The van der Waals surface area contributed by atoms with Gasteiger partial charge >= 0.3 is 0 Å². The number of anilines is 1. The maximum absolute atomic E-state index is 12.2. The SMILES string of the molecule is CCCNc1ccccc1C(=O)NC(C)C(C)CO. The Kier molecular flexibility index (Phi) is 6.36. The minimum atomic E-state index is -0.105. The van der Waals surface area contributed by atoms with Crippen LogP contribution in [0.5, 0.6) is 0 Å². The molecule has 0 aliphatic heterocycles. The number of carbonyl (C=O) groups is 1. The van der Waals surface area contributed by atoms with Gasteiger partial charge in [0.05, 0.1) is 5.56 Å². The van der Waals surface area contributed by atoms with Crippen LogP contribution < -0.4 is 10.6 Å². The Morgan fingerprint density at radius 2 is 2.00 bits per heavy atom. The minimum absolute atomic E-state index is 0.0414. The molecule has 2 unspecified atom stereocenters. The van der Waals surface area contributed by atoms with E-state index in [4.69, 9.17) is 5.11 Å². The average molecular weight is 264 g/mol. The van der Waals surface area contributed by atoms with Crippen LogP contribution in [0, 0.1) is 5.92 Å². The van der Waals surface area contributed by atoms with Gasteiger partial charge in [-0.3, -0.25) is 4.79 Å². The van der Waals surface area contributed by atoms with Crippen LogP contribution in [0.2, 0.25) is 0 Å². The summed E-state index contributed by atoms with van der Waals surface area (Å²) in [5.74, 6) is -0.0632. The molecule has 19 heavy (non-hydrogen) atoms. The highest BCUT2D eigenvalue weighted by Crippen LogP contribution is 2.15. The Hall–Kier alpha value is -1.55. The summed E-state index contributed by atoms with van der Waals surface area (Å²) in [6, 6.07) is 7.42. The maximum Gasteiger partial charge on any atom is 0.253 e. The van der Waals surface area contributed by atoms with Gasteiger partial charge in [0.1, 0.15) is 0 Å². The third kappa shape index (κ3) is 4.56. The summed E-state index contributed by atoms with van der Waals surface area (Å²) in [6.07, 6.45) is 1.01. The quantitative estimate of drug-likeness (QED) is 0.708. The van der Waals surface area contributed by atoms with Crippen molar-refractivity contribution in [3.05, 3.63) is 29.8 Å². The van der Waals surface area contributed by atoms with Gasteiger partial charge in [-0.2, -0.15) is 0 Å². The highest BCUT2D eigenvalue weighted by atomic mass is 16.3. The number of aliphatic hydroxyl groups is 1. The van der Waals surface area contributed by atoms with Crippen molar-refractivity contribution in [2.45, 2.75) is 33.2 Å². The molecular formula is C15H24N2O2. The lowest BCUT2D eigenvalue weighted by Gasteiger charge is -2.20. The first-order valence-corrected chi connectivity index (χ1v) is 6.84. The molecule has 1 aromatic rings. The van der Waals surface area contributed by atoms with Gasteiger partial charge in [0.15, 0.2) is 0 Å². The summed E-state index contributed by atoms with van der Waals surface area (Å²) in [5.41, 5.74) is 1.50. The predicted molar refractivity (Wildman–Crippen MR) is 78.4 cm³/mol. The van der Waals surface area contributed by atoms with Crippen LogP contribution in [0.4, 0.5) is 5.69 Å². The second-order valence-corrected chi connectivity index (χ2v) is 4.89. The molecule has 4 nitrogen and oxygen atoms in total. The Bertz CT molecular complexity index is 407. The van der Waals surface area contributed by atoms with Gasteiger partial charge in [-0.05, 0) is 31.4 Å². The fourth-order valence-electron chi connectivity index (χ4n) is 1.68. The molecule has 0 spiro atoms. The molecule has 3 N–H and O–H groups in total. The standard InChI is InChI=1S/C15H24N2O2/c1-4-9-16-14-8-6-5-7-13(14)15(19)17-12(3)11(2)10-18/h5-8,11-12,16,18H,4,9-10H2,1-3H3,(H,17,19). The zero-order valence-electron chi connectivity index (χ0n) is 11.9. The molecule has 106 valence electrons. The lowest BCUT2D eigenvalue weighted by atomic mass is 10.0. The van der Waals surface area contributed by atoms with Crippen molar-refractivity contribution in [3.8, 4) is 0 Å². The van der Waals surface area contributed by atoms with E-state index >= 15 is 0 Å². The molecule has 0 fully saturated rings. The molecule has 1 rings (SSSR count). The van der Waals surface area contributed by atoms with Crippen LogP contribution in [0.25, 0.3) is 0 Å². The first-order chi connectivity index (χ1) is 9.10. The zero-order valence-corrected chi connectivity index (χ0v) is 11.9. The monoisotopic (exact) mass is 264 g/mol. The van der Waals surface area contributed by atoms with E-state index in [1.54, 1.807) is 0 Å². The number of benzene rings is 1. The highest BCUT2D eigenvalue weighted by molar-refractivity contribution is 5.99. The van der Waals surface area contributed by atoms with Gasteiger partial charge in [0.2, 0.25) is 0 Å². The van der Waals surface area contributed by atoms with E-state index in [9.17, 15) is 4.79 Å². The molecule has 1 aromatic carbocycles. The molecule has 0 aliphatic carbocycles. The molecule has 2 atom stereocenters. The van der Waals surface area contributed by atoms with Gasteiger partial charge in [-0.25, -0.2) is 0 Å². The Labute approximate surface area is 115 Å². The number of hydrogen-bond donors (Lipinski definition) is 3. The number of rotatable bonds is 7. The van der Waals surface area contributed by atoms with Crippen LogP contribution in [-0.2, 0) is 0 Å². The summed E-state index contributed by atoms with van der Waals surface area (Å²) in [7, 11) is 0. The van der Waals surface area contributed by atoms with Crippen molar-refractivity contribution in [2.24, 2.45) is 5.92 Å². The lowest BCUT2D eigenvalue weighted by molar-refractivity contribution is 0.0917. The molecule has 0 aliphatic rings. The van der Waals surface area contributed by atoms with Crippen LogP contribution in [-0.4, -0.2) is 30.2 Å². The predicted octanol–water partition coefficient (Wildman–Crippen LogP) is 2.26. The van der Waals surface area contributed by atoms with E-state index in [0.717, 1.165) is 18.7 Å². The molecule has 0 saturated carbocycles. The van der Waals surface area contributed by atoms with Gasteiger partial charge in [-0.1, -0.05) is 26.0 Å². The van der Waals surface area contributed by atoms with Crippen LogP contribution in [0.15, 0.2) is 24.3 Å². The Morgan fingerprint density at radius 1 is 1.32 bits per heavy atom. The minimum Gasteiger partial charge on any atom is -0.396 e. The Balaban J connectivity index is 2.76. The fourth-order valence-corrected chi connectivity index (χ4v) is 1.68. The molecule has 1 amide bonds. The fraction of sp³-hybridized carbons (Fsp3) is 0.533. The number of amides is 1. The summed E-state index contributed by atoms with van der Waals surface area (Å²) in [4.78, 5) is 12.2. The van der Waals surface area contributed by atoms with E-state index in [2.05, 4.69) is 17.6 Å². The van der Waals surface area contributed by atoms with Gasteiger partial charge in [0.25, 0.3) is 5.91 Å². The van der Waals surface area contributed by atoms with Crippen LogP contribution >= 0.6 is 0 Å². The smallest absolute Gasteiger partial charge is 0.253 e. The molecule has 0 heterocycles. The zero-order chi connectivity index (χ0) is 14.3. The molecule has 0 bridgehead atoms. The topological polar surface area (TPSA) is 61.4 Å². The molecular weight excluding hydrogens is 240 g/mol. The average Bonchev–Trinajstić information content (AvgIpc) is 2.44. The largest absolute Gasteiger partial charge is 0.396 e. The molecule has 0 radical (unpaired) electrons. The third-order valence-corrected chi connectivity index (χ3v) is 3.24. The highest BCUT2D eigenvalue weighted by Gasteiger charge is 2.16. The number of para-hydroxylation sites is 1. The van der Waals surface area contributed by atoms with E-state index < -0.39 is 0 Å². The van der Waals surface area contributed by atoms with Crippen molar-refractivity contribution >= 4 is 11.6 Å². The molecule has 0 aromatic heterocycles. The summed E-state index contributed by atoms with van der Waals surface area (Å²) in [5, 5.41) is 15.3. The van der Waals surface area contributed by atoms with Gasteiger partial charge in [0, 0.05) is 24.9 Å². The van der Waals surface area contributed by atoms with E-state index in [0.29, 0.717) is 5.56 Å². The second-order valence-electron chi connectivity index (χ2n) is 4.89. The maximum atomic E-state index is 12.2. The van der Waals surface area contributed by atoms with E-state index in [1.807, 2.05) is 38.1 Å². The lowest BCUT2D eigenvalue weighted by Crippen LogP contribution is -2.38. The van der Waals surface area contributed by atoms with Gasteiger partial charge in [-0.15, -0.1) is 0 Å². The number of carbonyl (C=O) groups excluding carboxylic acids is 1. The first kappa shape index (κ1) is 15.5. The normalized spacial score (nSPS) is 13.7. The van der Waals surface area contributed by atoms with Crippen LogP contribution in [0.3, 0.4) is 0 Å². The summed E-state index contributed by atoms with van der Waals surface area (Å²) in [6.45, 7) is 6.80. The van der Waals surface area contributed by atoms with Crippen molar-refractivity contribution < 1.29 is 9.90 Å². The number of nitrogens with one attached hydrogen (secondary N) is 2. The first-order valence-electron chi connectivity index (χ1n) is 6.84. The second kappa shape index (κ2) is 7.79. The van der Waals surface area contributed by atoms with Crippen molar-refractivity contribution in [3.63, 3.8) is 0 Å². The summed E-state index contributed by atoms with van der Waals surface area (Å²) < 4.78 is 0. The van der Waals surface area contributed by atoms with Crippen molar-refractivity contribution in [1.82, 2.24) is 5.32 Å². The summed E-state index contributed by atoms with van der Waals surface area (Å²) >= 11 is 0. The number of aliphatic hydroxyl groups excluding tert-OH is 1. The van der Waals surface area contributed by atoms with Crippen molar-refractivity contribution in [1.29, 1.82) is 0 Å². The van der Waals surface area contributed by atoms with Crippen LogP contribution in [0.1, 0.15) is 37.6 Å².